The molecule has 1 rings (SSSR count). The van der Waals surface area contributed by atoms with Gasteiger partial charge in [-0.1, -0.05) is 13.8 Å². The van der Waals surface area contributed by atoms with Gasteiger partial charge in [0.25, 0.3) is 0 Å². The summed E-state index contributed by atoms with van der Waals surface area (Å²) in [5.41, 5.74) is 7.02. The van der Waals surface area contributed by atoms with E-state index in [4.69, 9.17) is 5.73 Å². The van der Waals surface area contributed by atoms with Crippen LogP contribution in [0.1, 0.15) is 37.4 Å². The summed E-state index contributed by atoms with van der Waals surface area (Å²) in [4.78, 5) is 10.6. The number of aromatic nitrogens is 2. The van der Waals surface area contributed by atoms with Crippen LogP contribution >= 0.6 is 0 Å². The van der Waals surface area contributed by atoms with Crippen LogP contribution in [0.25, 0.3) is 0 Å². The lowest BCUT2D eigenvalue weighted by atomic mass is 10.0. The number of carbonyl (C=O) groups is 1. The van der Waals surface area contributed by atoms with Gasteiger partial charge in [0.15, 0.2) is 0 Å². The van der Waals surface area contributed by atoms with E-state index in [-0.39, 0.29) is 5.91 Å². The van der Waals surface area contributed by atoms with Crippen LogP contribution < -0.4 is 5.73 Å². The van der Waals surface area contributed by atoms with Crippen LogP contribution in [-0.2, 0) is 11.2 Å². The Balaban J connectivity index is 2.68. The van der Waals surface area contributed by atoms with E-state index in [1.165, 1.54) is 0 Å². The average Bonchev–Trinajstić information content (AvgIpc) is 2.15. The first-order chi connectivity index (χ1) is 6.59. The van der Waals surface area contributed by atoms with Gasteiger partial charge in [0.05, 0.1) is 11.9 Å². The van der Waals surface area contributed by atoms with E-state index in [1.54, 1.807) is 6.20 Å². The molecule has 14 heavy (non-hydrogen) atoms. The van der Waals surface area contributed by atoms with Crippen LogP contribution in [0.15, 0.2) is 12.3 Å². The molecular formula is C10H15N3O. The summed E-state index contributed by atoms with van der Waals surface area (Å²) in [6.07, 6.45) is 2.65. The van der Waals surface area contributed by atoms with Crippen LogP contribution in [-0.4, -0.2) is 16.1 Å². The quantitative estimate of drug-likeness (QED) is 0.776. The van der Waals surface area contributed by atoms with Crippen molar-refractivity contribution in [3.8, 4) is 0 Å². The number of carbonyl (C=O) groups excluding carboxylic acids is 1. The number of hydrogen-bond acceptors (Lipinski definition) is 3. The third-order valence-electron chi connectivity index (χ3n) is 2.02. The van der Waals surface area contributed by atoms with Crippen molar-refractivity contribution in [2.45, 2.75) is 32.6 Å². The Kier molecular flexibility index (Phi) is 3.56. The first kappa shape index (κ1) is 10.6. The molecule has 0 radical (unpaired) electrons. The minimum absolute atomic E-state index is 0.304. The zero-order chi connectivity index (χ0) is 10.6. The van der Waals surface area contributed by atoms with Crippen molar-refractivity contribution in [2.24, 2.45) is 5.73 Å². The molecule has 0 saturated carbocycles. The van der Waals surface area contributed by atoms with Crippen molar-refractivity contribution in [2.75, 3.05) is 0 Å². The fourth-order valence-corrected chi connectivity index (χ4v) is 1.12. The van der Waals surface area contributed by atoms with Gasteiger partial charge in [-0.05, 0) is 17.5 Å². The Bertz CT molecular complexity index is 323. The molecule has 1 heterocycles. The first-order valence-corrected chi connectivity index (χ1v) is 4.69. The molecular weight excluding hydrogens is 178 g/mol. The Morgan fingerprint density at radius 1 is 1.57 bits per heavy atom. The normalized spacial score (nSPS) is 10.5. The van der Waals surface area contributed by atoms with Gasteiger partial charge in [-0.25, -0.2) is 0 Å². The maximum absolute atomic E-state index is 10.6. The molecule has 76 valence electrons. The number of nitrogens with two attached hydrogens (primary N) is 1. The summed E-state index contributed by atoms with van der Waals surface area (Å²) in [6.45, 7) is 4.18. The molecule has 0 aliphatic carbocycles. The highest BCUT2D eigenvalue weighted by Crippen LogP contribution is 2.13. The molecule has 1 amide bonds. The number of primary amides is 1. The molecule has 0 aliphatic rings. The zero-order valence-corrected chi connectivity index (χ0v) is 8.53. The lowest BCUT2D eigenvalue weighted by molar-refractivity contribution is -0.118. The van der Waals surface area contributed by atoms with E-state index >= 15 is 0 Å². The first-order valence-electron chi connectivity index (χ1n) is 4.69. The third-order valence-corrected chi connectivity index (χ3v) is 2.02. The molecule has 1 aromatic rings. The van der Waals surface area contributed by atoms with Crippen LogP contribution in [0.2, 0.25) is 0 Å². The predicted octanol–water partition coefficient (Wildman–Crippen LogP) is 1.02. The summed E-state index contributed by atoms with van der Waals surface area (Å²) in [6, 6.07) is 1.97. The number of aryl methyl sites for hydroxylation is 1. The molecule has 0 atom stereocenters. The number of nitrogens with zero attached hydrogens (tertiary/aromatic N) is 2. The number of hydrogen-bond donors (Lipinski definition) is 1. The third kappa shape index (κ3) is 3.12. The van der Waals surface area contributed by atoms with Gasteiger partial charge >= 0.3 is 0 Å². The van der Waals surface area contributed by atoms with Gasteiger partial charge < -0.3 is 5.73 Å². The highest BCUT2D eigenvalue weighted by atomic mass is 16.1. The molecule has 4 nitrogen and oxygen atoms in total. The summed E-state index contributed by atoms with van der Waals surface area (Å²) in [5.74, 6) is 0.125. The minimum atomic E-state index is -0.304. The molecule has 0 aliphatic heterocycles. The van der Waals surface area contributed by atoms with Crippen molar-refractivity contribution in [1.29, 1.82) is 0 Å². The van der Waals surface area contributed by atoms with Gasteiger partial charge in [-0.2, -0.15) is 10.2 Å². The van der Waals surface area contributed by atoms with Crippen LogP contribution in [0.3, 0.4) is 0 Å². The molecule has 0 saturated heterocycles. The van der Waals surface area contributed by atoms with Crippen LogP contribution in [0.5, 0.6) is 0 Å². The standard InChI is InChI=1S/C10H15N3O/c1-7(2)8-5-9(13-12-6-8)3-4-10(11)14/h5-7H,3-4H2,1-2H3,(H2,11,14). The molecule has 0 unspecified atom stereocenters. The van der Waals surface area contributed by atoms with Gasteiger partial charge in [0.2, 0.25) is 5.91 Å². The molecule has 1 aromatic heterocycles. The van der Waals surface area contributed by atoms with Gasteiger partial charge in [0, 0.05) is 12.8 Å². The largest absolute Gasteiger partial charge is 0.370 e. The Morgan fingerprint density at radius 3 is 2.86 bits per heavy atom. The summed E-state index contributed by atoms with van der Waals surface area (Å²) in [7, 11) is 0. The Hall–Kier alpha value is -1.45. The molecule has 0 fully saturated rings. The Labute approximate surface area is 83.5 Å². The molecule has 0 bridgehead atoms. The average molecular weight is 193 g/mol. The highest BCUT2D eigenvalue weighted by Gasteiger charge is 2.03. The lowest BCUT2D eigenvalue weighted by Gasteiger charge is -2.05. The topological polar surface area (TPSA) is 68.9 Å². The van der Waals surface area contributed by atoms with Crippen molar-refractivity contribution < 1.29 is 4.79 Å². The summed E-state index contributed by atoms with van der Waals surface area (Å²) >= 11 is 0. The maximum atomic E-state index is 10.6. The van der Waals surface area contributed by atoms with Gasteiger partial charge in [0.1, 0.15) is 0 Å². The van der Waals surface area contributed by atoms with E-state index < -0.39 is 0 Å². The second-order valence-corrected chi connectivity index (χ2v) is 3.60. The van der Waals surface area contributed by atoms with Crippen molar-refractivity contribution >= 4 is 5.91 Å². The monoisotopic (exact) mass is 193 g/mol. The van der Waals surface area contributed by atoms with Crippen LogP contribution in [0.4, 0.5) is 0 Å². The fourth-order valence-electron chi connectivity index (χ4n) is 1.12. The maximum Gasteiger partial charge on any atom is 0.217 e. The second-order valence-electron chi connectivity index (χ2n) is 3.60. The summed E-state index contributed by atoms with van der Waals surface area (Å²) in [5, 5.41) is 7.82. The number of amides is 1. The second kappa shape index (κ2) is 4.69. The lowest BCUT2D eigenvalue weighted by Crippen LogP contribution is -2.12. The molecule has 2 N–H and O–H groups in total. The van der Waals surface area contributed by atoms with Gasteiger partial charge in [-0.3, -0.25) is 4.79 Å². The van der Waals surface area contributed by atoms with E-state index in [9.17, 15) is 4.79 Å². The highest BCUT2D eigenvalue weighted by molar-refractivity contribution is 5.73. The van der Waals surface area contributed by atoms with E-state index in [2.05, 4.69) is 24.0 Å². The zero-order valence-electron chi connectivity index (χ0n) is 8.53. The van der Waals surface area contributed by atoms with E-state index in [1.807, 2.05) is 6.07 Å². The van der Waals surface area contributed by atoms with Crippen molar-refractivity contribution in [1.82, 2.24) is 10.2 Å². The molecule has 0 aromatic carbocycles. The van der Waals surface area contributed by atoms with Gasteiger partial charge in [-0.15, -0.1) is 0 Å². The van der Waals surface area contributed by atoms with Crippen molar-refractivity contribution in [3.05, 3.63) is 23.5 Å². The van der Waals surface area contributed by atoms with E-state index in [0.29, 0.717) is 18.8 Å². The number of rotatable bonds is 4. The molecule has 4 heteroatoms. The summed E-state index contributed by atoms with van der Waals surface area (Å²) < 4.78 is 0. The predicted molar refractivity (Wildman–Crippen MR) is 53.6 cm³/mol. The SMILES string of the molecule is CC(C)c1cnnc(CCC(N)=O)c1. The minimum Gasteiger partial charge on any atom is -0.370 e. The molecule has 0 spiro atoms. The fraction of sp³-hybridized carbons (Fsp3) is 0.500. The van der Waals surface area contributed by atoms with Crippen LogP contribution in [0, 0.1) is 0 Å². The Morgan fingerprint density at radius 2 is 2.29 bits per heavy atom. The van der Waals surface area contributed by atoms with Crippen molar-refractivity contribution in [3.63, 3.8) is 0 Å². The smallest absolute Gasteiger partial charge is 0.217 e. The van der Waals surface area contributed by atoms with E-state index in [0.717, 1.165) is 11.3 Å².